The highest BCUT2D eigenvalue weighted by Gasteiger charge is 2.23. The highest BCUT2D eigenvalue weighted by atomic mass is 32.2. The maximum Gasteiger partial charge on any atom is 0.244 e. The van der Waals surface area contributed by atoms with E-state index in [9.17, 15) is 13.5 Å². The fourth-order valence-electron chi connectivity index (χ4n) is 1.20. The Balaban J connectivity index is 3.23. The Morgan fingerprint density at radius 3 is 2.56 bits per heavy atom. The summed E-state index contributed by atoms with van der Waals surface area (Å²) in [5, 5.41) is 19.2. The molecule has 0 bridgehead atoms. The number of nitrogens with zero attached hydrogens (tertiary/aromatic N) is 2. The maximum absolute atomic E-state index is 11.9. The van der Waals surface area contributed by atoms with Crippen molar-refractivity contribution < 1.29 is 13.5 Å². The molecule has 0 spiro atoms. The first-order valence-electron chi connectivity index (χ1n) is 4.57. The predicted molar refractivity (Wildman–Crippen MR) is 56.5 cm³/mol. The van der Waals surface area contributed by atoms with E-state index in [0.717, 1.165) is 4.31 Å². The average molecular weight is 239 g/mol. The molecule has 0 aliphatic carbocycles. The van der Waals surface area contributed by atoms with Crippen molar-refractivity contribution in [1.82, 2.24) is 4.31 Å². The first kappa shape index (κ1) is 12.6. The molecule has 0 N–H and O–H groups in total. The minimum absolute atomic E-state index is 0.0616. The van der Waals surface area contributed by atoms with E-state index in [1.807, 2.05) is 6.07 Å². The zero-order chi connectivity index (χ0) is 12.2. The molecule has 0 aliphatic heterocycles. The van der Waals surface area contributed by atoms with Gasteiger partial charge < -0.3 is 0 Å². The number of benzene rings is 1. The van der Waals surface area contributed by atoms with Crippen LogP contribution in [0, 0.1) is 11.3 Å². The number of likely N-dealkylation sites (N-methyl/N-ethyl adjacent to an activating group) is 1. The number of nitriles is 1. The molecule has 1 radical (unpaired) electrons. The van der Waals surface area contributed by atoms with E-state index in [0.29, 0.717) is 0 Å². The first-order chi connectivity index (χ1) is 7.54. The van der Waals surface area contributed by atoms with Crippen LogP contribution < -0.4 is 0 Å². The number of rotatable bonds is 4. The summed E-state index contributed by atoms with van der Waals surface area (Å²) in [7, 11) is -2.41. The van der Waals surface area contributed by atoms with Crippen LogP contribution in [0.2, 0.25) is 0 Å². The summed E-state index contributed by atoms with van der Waals surface area (Å²) in [6.07, 6.45) is 0. The van der Waals surface area contributed by atoms with Crippen LogP contribution in [0.5, 0.6) is 0 Å². The third-order valence-electron chi connectivity index (χ3n) is 2.10. The molecule has 5 nitrogen and oxygen atoms in total. The zero-order valence-electron chi connectivity index (χ0n) is 8.75. The Bertz CT molecular complexity index is 505. The van der Waals surface area contributed by atoms with Gasteiger partial charge in [-0.15, -0.1) is 0 Å². The van der Waals surface area contributed by atoms with Crippen molar-refractivity contribution in [3.05, 3.63) is 29.8 Å². The quantitative estimate of drug-likeness (QED) is 0.771. The first-order valence-corrected chi connectivity index (χ1v) is 6.01. The minimum atomic E-state index is -3.73. The summed E-state index contributed by atoms with van der Waals surface area (Å²) < 4.78 is 24.8. The lowest BCUT2D eigenvalue weighted by Crippen LogP contribution is -2.29. The van der Waals surface area contributed by atoms with Crippen LogP contribution >= 0.6 is 0 Å². The summed E-state index contributed by atoms with van der Waals surface area (Å²) >= 11 is 0. The lowest BCUT2D eigenvalue weighted by molar-refractivity contribution is 0.178. The molecule has 16 heavy (non-hydrogen) atoms. The van der Waals surface area contributed by atoms with Gasteiger partial charge in [0.25, 0.3) is 0 Å². The van der Waals surface area contributed by atoms with Crippen molar-refractivity contribution in [1.29, 1.82) is 5.26 Å². The highest BCUT2D eigenvalue weighted by Crippen LogP contribution is 2.17. The highest BCUT2D eigenvalue weighted by molar-refractivity contribution is 7.89. The molecule has 0 amide bonds. The minimum Gasteiger partial charge on any atom is -0.235 e. The number of hydrogen-bond acceptors (Lipinski definition) is 3. The van der Waals surface area contributed by atoms with Crippen LogP contribution in [-0.4, -0.2) is 32.9 Å². The molecule has 0 aromatic heterocycles. The van der Waals surface area contributed by atoms with E-state index in [1.54, 1.807) is 12.1 Å². The zero-order valence-corrected chi connectivity index (χ0v) is 9.57. The number of hydrogen-bond donors (Lipinski definition) is 0. The van der Waals surface area contributed by atoms with Crippen LogP contribution in [0.25, 0.3) is 0 Å². The second-order valence-electron chi connectivity index (χ2n) is 3.14. The van der Waals surface area contributed by atoms with Crippen molar-refractivity contribution in [2.24, 2.45) is 0 Å². The van der Waals surface area contributed by atoms with Gasteiger partial charge in [0.2, 0.25) is 10.0 Å². The van der Waals surface area contributed by atoms with E-state index in [2.05, 4.69) is 0 Å². The molecule has 0 unspecified atom stereocenters. The van der Waals surface area contributed by atoms with Gasteiger partial charge in [-0.1, -0.05) is 12.1 Å². The van der Waals surface area contributed by atoms with Gasteiger partial charge in [-0.2, -0.15) is 9.57 Å². The normalized spacial score (nSPS) is 11.4. The van der Waals surface area contributed by atoms with E-state index >= 15 is 0 Å². The van der Waals surface area contributed by atoms with Crippen LogP contribution in [-0.2, 0) is 15.1 Å². The maximum atomic E-state index is 11.9. The molecule has 85 valence electrons. The molecule has 1 aromatic rings. The monoisotopic (exact) mass is 239 g/mol. The largest absolute Gasteiger partial charge is 0.244 e. The summed E-state index contributed by atoms with van der Waals surface area (Å²) in [5.74, 6) is 0. The predicted octanol–water partition coefficient (Wildman–Crippen LogP) is 0.609. The topological polar surface area (TPSA) is 81.1 Å². The molecular formula is C10H11N2O3S. The third-order valence-corrected chi connectivity index (χ3v) is 4.02. The van der Waals surface area contributed by atoms with Gasteiger partial charge >= 0.3 is 0 Å². The lowest BCUT2D eigenvalue weighted by Gasteiger charge is -2.15. The van der Waals surface area contributed by atoms with E-state index in [4.69, 9.17) is 5.26 Å². The van der Waals surface area contributed by atoms with Gasteiger partial charge in [-0.05, 0) is 12.1 Å². The van der Waals surface area contributed by atoms with Gasteiger partial charge in [-0.25, -0.2) is 13.5 Å². The molecule has 0 heterocycles. The second kappa shape index (κ2) is 5.07. The smallest absolute Gasteiger partial charge is 0.235 e. The van der Waals surface area contributed by atoms with Crippen LogP contribution in [0.3, 0.4) is 0 Å². The SMILES string of the molecule is CN(CC[O])S(=O)(=O)c1ccccc1C#N. The second-order valence-corrected chi connectivity index (χ2v) is 5.15. The summed E-state index contributed by atoms with van der Waals surface area (Å²) in [5.41, 5.74) is 0.0836. The average Bonchev–Trinajstić information content (AvgIpc) is 2.29. The van der Waals surface area contributed by atoms with Crippen molar-refractivity contribution in [2.45, 2.75) is 4.90 Å². The van der Waals surface area contributed by atoms with E-state index < -0.39 is 16.6 Å². The Morgan fingerprint density at radius 1 is 1.38 bits per heavy atom. The molecule has 0 atom stereocenters. The van der Waals surface area contributed by atoms with Gasteiger partial charge in [0.15, 0.2) is 0 Å². The molecular weight excluding hydrogens is 228 g/mol. The fourth-order valence-corrected chi connectivity index (χ4v) is 2.49. The van der Waals surface area contributed by atoms with Gasteiger partial charge in [0, 0.05) is 13.6 Å². The molecule has 0 saturated heterocycles. The van der Waals surface area contributed by atoms with Gasteiger partial charge in [-0.3, -0.25) is 0 Å². The van der Waals surface area contributed by atoms with Crippen molar-refractivity contribution in [3.63, 3.8) is 0 Å². The number of sulfonamides is 1. The van der Waals surface area contributed by atoms with Crippen molar-refractivity contribution in [2.75, 3.05) is 20.2 Å². The molecule has 0 fully saturated rings. The standard InChI is InChI=1S/C10H11N2O3S/c1-12(6-7-13)16(14,15)10-5-3-2-4-9(10)8-11/h2-5H,6-7H2,1H3. The van der Waals surface area contributed by atoms with Crippen LogP contribution in [0.1, 0.15) is 5.56 Å². The van der Waals surface area contributed by atoms with E-state index in [-0.39, 0.29) is 17.0 Å². The molecule has 0 aliphatic rings. The Labute approximate surface area is 94.6 Å². The van der Waals surface area contributed by atoms with Gasteiger partial charge in [0.05, 0.1) is 17.1 Å². The molecule has 1 aromatic carbocycles. The summed E-state index contributed by atoms with van der Waals surface area (Å²) in [6.45, 7) is -0.619. The molecule has 6 heteroatoms. The molecule has 1 rings (SSSR count). The summed E-state index contributed by atoms with van der Waals surface area (Å²) in [4.78, 5) is -0.0616. The Kier molecular flexibility index (Phi) is 4.01. The fraction of sp³-hybridized carbons (Fsp3) is 0.300. The van der Waals surface area contributed by atoms with Crippen LogP contribution in [0.4, 0.5) is 0 Å². The third kappa shape index (κ3) is 2.39. The lowest BCUT2D eigenvalue weighted by atomic mass is 10.2. The summed E-state index contributed by atoms with van der Waals surface area (Å²) in [6, 6.07) is 7.73. The van der Waals surface area contributed by atoms with Crippen molar-refractivity contribution >= 4 is 10.0 Å². The van der Waals surface area contributed by atoms with Crippen LogP contribution in [0.15, 0.2) is 29.2 Å². The Hall–Kier alpha value is -1.42. The van der Waals surface area contributed by atoms with Crippen molar-refractivity contribution in [3.8, 4) is 6.07 Å². The van der Waals surface area contributed by atoms with Gasteiger partial charge in [0.1, 0.15) is 6.07 Å². The molecule has 0 saturated carbocycles. The van der Waals surface area contributed by atoms with E-state index in [1.165, 1.54) is 19.2 Å². The Morgan fingerprint density at radius 2 is 2.00 bits per heavy atom.